The van der Waals surface area contributed by atoms with Gasteiger partial charge in [0.25, 0.3) is 5.22 Å². The van der Waals surface area contributed by atoms with Gasteiger partial charge in [-0.1, -0.05) is 30.8 Å². The molecule has 0 bridgehead atoms. The number of thioether (sulfide) groups is 1. The van der Waals surface area contributed by atoms with Gasteiger partial charge in [0.05, 0.1) is 20.1 Å². The lowest BCUT2D eigenvalue weighted by Crippen LogP contribution is -2.17. The minimum atomic E-state index is -0.383. The lowest BCUT2D eigenvalue weighted by atomic mass is 10.1. The predicted octanol–water partition coefficient (Wildman–Crippen LogP) is 3.10. The van der Waals surface area contributed by atoms with Gasteiger partial charge >= 0.3 is 5.97 Å². The lowest BCUT2D eigenvalue weighted by Gasteiger charge is -2.07. The number of esters is 1. The summed E-state index contributed by atoms with van der Waals surface area (Å²) in [4.78, 5) is 11.7. The highest BCUT2D eigenvalue weighted by Crippen LogP contribution is 2.24. The van der Waals surface area contributed by atoms with Crippen molar-refractivity contribution in [2.45, 2.75) is 37.2 Å². The number of benzene rings is 1. The standard InChI is InChI=1S/C16H20N2O4S/c1-4-8-21-15(19)11(2)23-16-18-17-14(22-16)10-12-6-5-7-13(9-12)20-3/h5-7,9,11H,4,8,10H2,1-3H3. The van der Waals surface area contributed by atoms with Crippen LogP contribution in [0.4, 0.5) is 0 Å². The maximum absolute atomic E-state index is 11.7. The Bertz CT molecular complexity index is 645. The van der Waals surface area contributed by atoms with Gasteiger partial charge in [0.2, 0.25) is 5.89 Å². The van der Waals surface area contributed by atoms with Crippen LogP contribution < -0.4 is 4.74 Å². The van der Waals surface area contributed by atoms with Crippen LogP contribution in [0.25, 0.3) is 0 Å². The van der Waals surface area contributed by atoms with E-state index in [4.69, 9.17) is 13.9 Å². The molecule has 0 fully saturated rings. The van der Waals surface area contributed by atoms with Gasteiger partial charge in [0, 0.05) is 0 Å². The predicted molar refractivity (Wildman–Crippen MR) is 86.7 cm³/mol. The maximum Gasteiger partial charge on any atom is 0.319 e. The Morgan fingerprint density at radius 3 is 2.96 bits per heavy atom. The summed E-state index contributed by atoms with van der Waals surface area (Å²) in [6, 6.07) is 7.67. The molecule has 0 aliphatic rings. The first kappa shape index (κ1) is 17.3. The zero-order valence-electron chi connectivity index (χ0n) is 13.4. The van der Waals surface area contributed by atoms with Gasteiger partial charge in [-0.2, -0.15) is 0 Å². The molecule has 7 heteroatoms. The van der Waals surface area contributed by atoms with Crippen molar-refractivity contribution < 1.29 is 18.7 Å². The first-order chi connectivity index (χ1) is 11.1. The van der Waals surface area contributed by atoms with Crippen molar-refractivity contribution >= 4 is 17.7 Å². The van der Waals surface area contributed by atoms with Gasteiger partial charge in [-0.05, 0) is 31.0 Å². The maximum atomic E-state index is 11.7. The van der Waals surface area contributed by atoms with E-state index in [-0.39, 0.29) is 11.2 Å². The Morgan fingerprint density at radius 1 is 1.39 bits per heavy atom. The van der Waals surface area contributed by atoms with E-state index in [1.165, 1.54) is 11.8 Å². The fourth-order valence-corrected chi connectivity index (χ4v) is 2.53. The first-order valence-corrected chi connectivity index (χ1v) is 8.29. The molecule has 0 spiro atoms. The van der Waals surface area contributed by atoms with E-state index in [9.17, 15) is 4.79 Å². The molecule has 2 aromatic rings. The number of hydrogen-bond acceptors (Lipinski definition) is 7. The molecule has 1 aromatic heterocycles. The summed E-state index contributed by atoms with van der Waals surface area (Å²) in [5.74, 6) is 1.00. The van der Waals surface area contributed by atoms with E-state index in [0.717, 1.165) is 17.7 Å². The molecule has 1 unspecified atom stereocenters. The highest BCUT2D eigenvalue weighted by Gasteiger charge is 2.19. The van der Waals surface area contributed by atoms with Crippen LogP contribution in [0.3, 0.4) is 0 Å². The van der Waals surface area contributed by atoms with Crippen LogP contribution in [-0.2, 0) is 16.0 Å². The van der Waals surface area contributed by atoms with Crippen LogP contribution in [-0.4, -0.2) is 35.1 Å². The van der Waals surface area contributed by atoms with Crippen LogP contribution in [0.5, 0.6) is 5.75 Å². The molecule has 6 nitrogen and oxygen atoms in total. The largest absolute Gasteiger partial charge is 0.497 e. The zero-order chi connectivity index (χ0) is 16.7. The van der Waals surface area contributed by atoms with E-state index in [0.29, 0.717) is 24.1 Å². The molecule has 0 saturated carbocycles. The summed E-state index contributed by atoms with van der Waals surface area (Å²) >= 11 is 1.20. The van der Waals surface area contributed by atoms with Crippen molar-refractivity contribution in [2.24, 2.45) is 0 Å². The van der Waals surface area contributed by atoms with Crippen molar-refractivity contribution in [3.8, 4) is 5.75 Å². The third kappa shape index (κ3) is 5.28. The third-order valence-corrected chi connectivity index (χ3v) is 3.91. The molecule has 0 aliphatic heterocycles. The zero-order valence-corrected chi connectivity index (χ0v) is 14.3. The van der Waals surface area contributed by atoms with Gasteiger partial charge in [0.15, 0.2) is 0 Å². The van der Waals surface area contributed by atoms with E-state index >= 15 is 0 Å². The quantitative estimate of drug-likeness (QED) is 0.541. The van der Waals surface area contributed by atoms with Gasteiger partial charge < -0.3 is 13.9 Å². The SMILES string of the molecule is CCCOC(=O)C(C)Sc1nnc(Cc2cccc(OC)c2)o1. The Hall–Kier alpha value is -2.02. The second-order valence-electron chi connectivity index (χ2n) is 4.92. The number of rotatable bonds is 8. The number of nitrogens with zero attached hydrogens (tertiary/aromatic N) is 2. The number of ether oxygens (including phenoxy) is 2. The lowest BCUT2D eigenvalue weighted by molar-refractivity contribution is -0.142. The monoisotopic (exact) mass is 336 g/mol. The molecule has 1 heterocycles. The molecule has 0 saturated heterocycles. The molecule has 0 N–H and O–H groups in total. The smallest absolute Gasteiger partial charge is 0.319 e. The van der Waals surface area contributed by atoms with Crippen molar-refractivity contribution in [1.82, 2.24) is 10.2 Å². The summed E-state index contributed by atoms with van der Waals surface area (Å²) in [7, 11) is 1.62. The van der Waals surface area contributed by atoms with Crippen molar-refractivity contribution in [1.29, 1.82) is 0 Å². The number of aromatic nitrogens is 2. The van der Waals surface area contributed by atoms with Gasteiger partial charge in [-0.25, -0.2) is 0 Å². The fourth-order valence-electron chi connectivity index (χ4n) is 1.83. The van der Waals surface area contributed by atoms with Gasteiger partial charge in [-0.3, -0.25) is 4.79 Å². The van der Waals surface area contributed by atoms with Crippen molar-refractivity contribution in [2.75, 3.05) is 13.7 Å². The molecule has 124 valence electrons. The molecule has 2 rings (SSSR count). The molecule has 1 atom stereocenters. The van der Waals surface area contributed by atoms with Crippen LogP contribution >= 0.6 is 11.8 Å². The molecule has 1 aromatic carbocycles. The number of carbonyl (C=O) groups is 1. The van der Waals surface area contributed by atoms with Crippen molar-refractivity contribution in [3.05, 3.63) is 35.7 Å². The van der Waals surface area contributed by atoms with Crippen LogP contribution in [0, 0.1) is 0 Å². The van der Waals surface area contributed by atoms with Gasteiger partial charge in [0.1, 0.15) is 11.0 Å². The van der Waals surface area contributed by atoms with E-state index in [2.05, 4.69) is 10.2 Å². The molecular weight excluding hydrogens is 316 g/mol. The Labute approximate surface area is 139 Å². The van der Waals surface area contributed by atoms with E-state index in [1.807, 2.05) is 31.2 Å². The number of methoxy groups -OCH3 is 1. The van der Waals surface area contributed by atoms with Gasteiger partial charge in [-0.15, -0.1) is 10.2 Å². The normalized spacial score (nSPS) is 12.0. The van der Waals surface area contributed by atoms with Crippen LogP contribution in [0.2, 0.25) is 0 Å². The molecule has 0 aliphatic carbocycles. The number of hydrogen-bond donors (Lipinski definition) is 0. The molecule has 23 heavy (non-hydrogen) atoms. The Balaban J connectivity index is 1.93. The second-order valence-corrected chi connectivity index (χ2v) is 6.21. The van der Waals surface area contributed by atoms with Crippen LogP contribution in [0.1, 0.15) is 31.7 Å². The summed E-state index contributed by atoms with van der Waals surface area (Å²) in [5.41, 5.74) is 1.01. The van der Waals surface area contributed by atoms with Crippen LogP contribution in [0.15, 0.2) is 33.9 Å². The minimum absolute atomic E-state index is 0.274. The van der Waals surface area contributed by atoms with Crippen molar-refractivity contribution in [3.63, 3.8) is 0 Å². The highest BCUT2D eigenvalue weighted by molar-refractivity contribution is 8.00. The summed E-state index contributed by atoms with van der Waals surface area (Å²) < 4.78 is 15.9. The fraction of sp³-hybridized carbons (Fsp3) is 0.438. The molecular formula is C16H20N2O4S. The first-order valence-electron chi connectivity index (χ1n) is 7.41. The summed E-state index contributed by atoms with van der Waals surface area (Å²) in [6.07, 6.45) is 1.31. The minimum Gasteiger partial charge on any atom is -0.497 e. The molecule has 0 radical (unpaired) electrons. The summed E-state index contributed by atoms with van der Waals surface area (Å²) in [6.45, 7) is 4.14. The topological polar surface area (TPSA) is 74.5 Å². The second kappa shape index (κ2) is 8.57. The number of carbonyl (C=O) groups excluding carboxylic acids is 1. The average molecular weight is 336 g/mol. The highest BCUT2D eigenvalue weighted by atomic mass is 32.2. The summed E-state index contributed by atoms with van der Waals surface area (Å²) in [5, 5.41) is 7.96. The molecule has 0 amide bonds. The Kier molecular flexibility index (Phi) is 6.46. The average Bonchev–Trinajstić information content (AvgIpc) is 2.99. The van der Waals surface area contributed by atoms with E-state index < -0.39 is 0 Å². The third-order valence-electron chi connectivity index (χ3n) is 3.00. The Morgan fingerprint density at radius 2 is 2.22 bits per heavy atom. The van der Waals surface area contributed by atoms with E-state index in [1.54, 1.807) is 14.0 Å².